The maximum Gasteiger partial charge on any atom is 0.335 e. The van der Waals surface area contributed by atoms with Crippen molar-refractivity contribution in [1.29, 1.82) is 0 Å². The summed E-state index contributed by atoms with van der Waals surface area (Å²) in [4.78, 5) is 22.5. The van der Waals surface area contributed by atoms with Crippen LogP contribution in [0.5, 0.6) is 0 Å². The van der Waals surface area contributed by atoms with E-state index in [1.54, 1.807) is 18.2 Å². The summed E-state index contributed by atoms with van der Waals surface area (Å²) in [5.41, 5.74) is 0.244. The molecule has 0 fully saturated rings. The van der Waals surface area contributed by atoms with E-state index in [-0.39, 0.29) is 12.1 Å². The number of hydrogen-bond donors (Lipinski definition) is 1. The minimum Gasteiger partial charge on any atom is -0.478 e. The summed E-state index contributed by atoms with van der Waals surface area (Å²) < 4.78 is 1.37. The van der Waals surface area contributed by atoms with Crippen molar-refractivity contribution < 1.29 is 9.90 Å². The Morgan fingerprint density at radius 3 is 2.63 bits per heavy atom. The van der Waals surface area contributed by atoms with Crippen molar-refractivity contribution in [1.82, 2.24) is 4.57 Å². The van der Waals surface area contributed by atoms with E-state index in [9.17, 15) is 9.59 Å². The first-order valence-electron chi connectivity index (χ1n) is 5.35. The van der Waals surface area contributed by atoms with Gasteiger partial charge in [-0.2, -0.15) is 0 Å². The number of aromatic carboxylic acids is 1. The third kappa shape index (κ3) is 2.97. The van der Waals surface area contributed by atoms with Crippen molar-refractivity contribution in [3.05, 3.63) is 68.1 Å². The highest BCUT2D eigenvalue weighted by atomic mass is 35.5. The lowest BCUT2D eigenvalue weighted by Gasteiger charge is -2.08. The number of carboxylic acid groups (broad SMARTS) is 1. The van der Waals surface area contributed by atoms with Gasteiger partial charge in [0.1, 0.15) is 0 Å². The first-order chi connectivity index (χ1) is 8.99. The molecular formula is C13H9Cl2NO3. The van der Waals surface area contributed by atoms with E-state index in [2.05, 4.69) is 0 Å². The van der Waals surface area contributed by atoms with Gasteiger partial charge in [0, 0.05) is 12.3 Å². The quantitative estimate of drug-likeness (QED) is 0.947. The first-order valence-corrected chi connectivity index (χ1v) is 6.11. The van der Waals surface area contributed by atoms with E-state index in [1.165, 1.54) is 16.8 Å². The molecule has 2 rings (SSSR count). The molecule has 0 saturated heterocycles. The zero-order chi connectivity index (χ0) is 14.0. The lowest BCUT2D eigenvalue weighted by Crippen LogP contribution is -2.21. The number of aromatic nitrogens is 1. The molecule has 1 aromatic carbocycles. The summed E-state index contributed by atoms with van der Waals surface area (Å²) in [5, 5.41) is 9.58. The van der Waals surface area contributed by atoms with Crippen LogP contribution in [0, 0.1) is 0 Å². The van der Waals surface area contributed by atoms with Crippen LogP contribution in [0.1, 0.15) is 15.9 Å². The van der Waals surface area contributed by atoms with Gasteiger partial charge in [-0.05, 0) is 17.7 Å². The number of pyridine rings is 1. The molecule has 0 amide bonds. The van der Waals surface area contributed by atoms with Crippen LogP contribution >= 0.6 is 23.2 Å². The number of nitrogens with zero attached hydrogens (tertiary/aromatic N) is 1. The third-order valence-corrected chi connectivity index (χ3v) is 3.47. The second-order valence-electron chi connectivity index (χ2n) is 3.90. The average molecular weight is 298 g/mol. The molecule has 2 aromatic rings. The Balaban J connectivity index is 2.37. The van der Waals surface area contributed by atoms with Gasteiger partial charge in [-0.3, -0.25) is 4.79 Å². The van der Waals surface area contributed by atoms with Gasteiger partial charge in [0.2, 0.25) is 0 Å². The summed E-state index contributed by atoms with van der Waals surface area (Å²) in [6.45, 7) is 0.234. The molecule has 1 heterocycles. The van der Waals surface area contributed by atoms with Gasteiger partial charge >= 0.3 is 5.97 Å². The fourth-order valence-electron chi connectivity index (χ4n) is 1.63. The molecule has 19 heavy (non-hydrogen) atoms. The highest BCUT2D eigenvalue weighted by molar-refractivity contribution is 6.42. The second-order valence-corrected chi connectivity index (χ2v) is 4.68. The Hall–Kier alpha value is -1.78. The number of carboxylic acids is 1. The van der Waals surface area contributed by atoms with Crippen molar-refractivity contribution in [3.8, 4) is 0 Å². The SMILES string of the molecule is O=C(O)c1ccn(Cc2cccc(Cl)c2Cl)c(=O)c1. The maximum absolute atomic E-state index is 11.8. The largest absolute Gasteiger partial charge is 0.478 e. The third-order valence-electron chi connectivity index (χ3n) is 2.62. The van der Waals surface area contributed by atoms with Crippen molar-refractivity contribution in [2.24, 2.45) is 0 Å². The highest BCUT2D eigenvalue weighted by Gasteiger charge is 2.08. The Bertz CT molecular complexity index is 695. The molecule has 4 nitrogen and oxygen atoms in total. The Kier molecular flexibility index (Phi) is 3.93. The van der Waals surface area contributed by atoms with Crippen molar-refractivity contribution in [3.63, 3.8) is 0 Å². The molecule has 6 heteroatoms. The fourth-order valence-corrected chi connectivity index (χ4v) is 2.01. The van der Waals surface area contributed by atoms with Gasteiger partial charge in [-0.15, -0.1) is 0 Å². The van der Waals surface area contributed by atoms with Crippen LogP contribution in [0.2, 0.25) is 10.0 Å². The normalized spacial score (nSPS) is 10.4. The molecule has 1 N–H and O–H groups in total. The number of benzene rings is 1. The van der Waals surface area contributed by atoms with E-state index < -0.39 is 11.5 Å². The topological polar surface area (TPSA) is 59.3 Å². The van der Waals surface area contributed by atoms with Gasteiger partial charge < -0.3 is 9.67 Å². The van der Waals surface area contributed by atoms with E-state index in [0.717, 1.165) is 6.07 Å². The smallest absolute Gasteiger partial charge is 0.335 e. The van der Waals surface area contributed by atoms with Crippen LogP contribution in [0.3, 0.4) is 0 Å². The lowest BCUT2D eigenvalue weighted by molar-refractivity contribution is 0.0696. The van der Waals surface area contributed by atoms with Gasteiger partial charge in [0.15, 0.2) is 0 Å². The Morgan fingerprint density at radius 2 is 2.00 bits per heavy atom. The minimum absolute atomic E-state index is 0.0431. The molecule has 0 saturated carbocycles. The number of carbonyl (C=O) groups is 1. The van der Waals surface area contributed by atoms with Crippen LogP contribution in [-0.2, 0) is 6.54 Å². The molecule has 0 unspecified atom stereocenters. The van der Waals surface area contributed by atoms with E-state index >= 15 is 0 Å². The Labute approximate surface area is 118 Å². The summed E-state index contributed by atoms with van der Waals surface area (Å²) in [6.07, 6.45) is 1.42. The molecule has 0 atom stereocenters. The van der Waals surface area contributed by atoms with Crippen LogP contribution in [-0.4, -0.2) is 15.6 Å². The van der Waals surface area contributed by atoms with Gasteiger partial charge in [0.05, 0.1) is 22.2 Å². The van der Waals surface area contributed by atoms with Crippen molar-refractivity contribution in [2.75, 3.05) is 0 Å². The number of hydrogen-bond acceptors (Lipinski definition) is 2. The molecule has 0 spiro atoms. The van der Waals surface area contributed by atoms with Crippen LogP contribution in [0.15, 0.2) is 41.3 Å². The van der Waals surface area contributed by atoms with Crippen molar-refractivity contribution >= 4 is 29.2 Å². The molecule has 0 aliphatic carbocycles. The predicted molar refractivity (Wildman–Crippen MR) is 73.2 cm³/mol. The van der Waals surface area contributed by atoms with Crippen LogP contribution in [0.4, 0.5) is 0 Å². The maximum atomic E-state index is 11.8. The van der Waals surface area contributed by atoms with Crippen LogP contribution < -0.4 is 5.56 Å². The van der Waals surface area contributed by atoms with Gasteiger partial charge in [-0.25, -0.2) is 4.79 Å². The first kappa shape index (κ1) is 13.6. The zero-order valence-electron chi connectivity index (χ0n) is 9.64. The summed E-state index contributed by atoms with van der Waals surface area (Å²) in [5.74, 6) is -1.13. The van der Waals surface area contributed by atoms with Crippen LogP contribution in [0.25, 0.3) is 0 Å². The van der Waals surface area contributed by atoms with E-state index in [1.807, 2.05) is 0 Å². The van der Waals surface area contributed by atoms with Gasteiger partial charge in [0.25, 0.3) is 5.56 Å². The van der Waals surface area contributed by atoms with E-state index in [0.29, 0.717) is 15.6 Å². The monoisotopic (exact) mass is 297 g/mol. The number of halogens is 2. The summed E-state index contributed by atoms with van der Waals surface area (Å²) in [7, 11) is 0. The molecule has 1 aromatic heterocycles. The Morgan fingerprint density at radius 1 is 1.26 bits per heavy atom. The number of rotatable bonds is 3. The van der Waals surface area contributed by atoms with E-state index in [4.69, 9.17) is 28.3 Å². The molecule has 0 aliphatic rings. The molecule has 0 bridgehead atoms. The predicted octanol–water partition coefficient (Wildman–Crippen LogP) is 2.90. The molecule has 0 aliphatic heterocycles. The summed E-state index contributed by atoms with van der Waals surface area (Å²) in [6, 6.07) is 7.58. The molecular weight excluding hydrogens is 289 g/mol. The minimum atomic E-state index is -1.13. The molecule has 0 radical (unpaired) electrons. The fraction of sp³-hybridized carbons (Fsp3) is 0.0769. The second kappa shape index (κ2) is 5.47. The van der Waals surface area contributed by atoms with Crippen molar-refractivity contribution in [2.45, 2.75) is 6.54 Å². The zero-order valence-corrected chi connectivity index (χ0v) is 11.1. The molecule has 98 valence electrons. The van der Waals surface area contributed by atoms with Gasteiger partial charge in [-0.1, -0.05) is 35.3 Å². The summed E-state index contributed by atoms with van der Waals surface area (Å²) >= 11 is 11.9. The lowest BCUT2D eigenvalue weighted by atomic mass is 10.2. The standard InChI is InChI=1S/C13H9Cl2NO3/c14-10-3-1-2-9(12(10)15)7-16-5-4-8(13(18)19)6-11(16)17/h1-6H,7H2,(H,18,19). The highest BCUT2D eigenvalue weighted by Crippen LogP contribution is 2.25. The average Bonchev–Trinajstić information content (AvgIpc) is 2.37.